The summed E-state index contributed by atoms with van der Waals surface area (Å²) >= 11 is 0. The van der Waals surface area contributed by atoms with Gasteiger partial charge < -0.3 is 9.84 Å². The Kier molecular flexibility index (Phi) is 12.7. The number of ether oxygens (including phenoxy) is 1. The van der Waals surface area contributed by atoms with Crippen molar-refractivity contribution >= 4 is 5.97 Å². The van der Waals surface area contributed by atoms with Crippen LogP contribution in [0.15, 0.2) is 24.3 Å². The number of hydrogen-bond acceptors (Lipinski definition) is 2. The molecule has 0 fully saturated rings. The van der Waals surface area contributed by atoms with Gasteiger partial charge in [-0.25, -0.2) is 0 Å². The van der Waals surface area contributed by atoms with Crippen molar-refractivity contribution in [1.29, 1.82) is 0 Å². The molecular weight excluding hydrogens is 312 g/mol. The van der Waals surface area contributed by atoms with E-state index in [2.05, 4.69) is 19.1 Å². The molecule has 0 aromatic heterocycles. The quantitative estimate of drug-likeness (QED) is 0.352. The summed E-state index contributed by atoms with van der Waals surface area (Å²) in [6.07, 6.45) is 15.2. The molecule has 0 atom stereocenters. The van der Waals surface area contributed by atoms with Crippen LogP contribution in [0, 0.1) is 0 Å². The number of benzene rings is 1. The lowest BCUT2D eigenvalue weighted by atomic mass is 10.0. The number of aryl methyl sites for hydroxylation is 1. The molecule has 0 amide bonds. The van der Waals surface area contributed by atoms with Gasteiger partial charge in [0, 0.05) is 6.42 Å². The minimum atomic E-state index is -0.762. The SMILES string of the molecule is CCCCCCCCCCCCc1ccccc1OCCCC(=O)O. The summed E-state index contributed by atoms with van der Waals surface area (Å²) in [5, 5.41) is 8.67. The molecule has 0 saturated heterocycles. The first-order valence-corrected chi connectivity index (χ1v) is 10.2. The topological polar surface area (TPSA) is 46.5 Å². The first kappa shape index (κ1) is 21.5. The number of aliphatic carboxylic acids is 1. The van der Waals surface area contributed by atoms with Gasteiger partial charge in [-0.15, -0.1) is 0 Å². The van der Waals surface area contributed by atoms with E-state index in [1.54, 1.807) is 0 Å². The summed E-state index contributed by atoms with van der Waals surface area (Å²) in [5.74, 6) is 0.158. The van der Waals surface area contributed by atoms with Crippen molar-refractivity contribution in [2.24, 2.45) is 0 Å². The fraction of sp³-hybridized carbons (Fsp3) is 0.682. The van der Waals surface area contributed by atoms with Crippen molar-refractivity contribution in [3.05, 3.63) is 29.8 Å². The molecule has 3 heteroatoms. The number of para-hydroxylation sites is 1. The van der Waals surface area contributed by atoms with E-state index in [1.807, 2.05) is 12.1 Å². The molecule has 25 heavy (non-hydrogen) atoms. The van der Waals surface area contributed by atoms with Crippen molar-refractivity contribution in [1.82, 2.24) is 0 Å². The highest BCUT2D eigenvalue weighted by Gasteiger charge is 2.04. The highest BCUT2D eigenvalue weighted by atomic mass is 16.5. The molecule has 1 N–H and O–H groups in total. The molecule has 142 valence electrons. The van der Waals surface area contributed by atoms with Crippen molar-refractivity contribution in [3.63, 3.8) is 0 Å². The van der Waals surface area contributed by atoms with Crippen LogP contribution >= 0.6 is 0 Å². The van der Waals surface area contributed by atoms with Gasteiger partial charge in [0.15, 0.2) is 0 Å². The van der Waals surface area contributed by atoms with Crippen LogP contribution in [0.1, 0.15) is 89.5 Å². The summed E-state index contributed by atoms with van der Waals surface area (Å²) in [6, 6.07) is 8.15. The van der Waals surface area contributed by atoms with Gasteiger partial charge in [0.25, 0.3) is 0 Å². The molecule has 0 spiro atoms. The molecule has 0 radical (unpaired) electrons. The number of carboxylic acid groups (broad SMARTS) is 1. The number of unbranched alkanes of at least 4 members (excludes halogenated alkanes) is 9. The van der Waals surface area contributed by atoms with Crippen molar-refractivity contribution in [2.45, 2.75) is 90.4 Å². The minimum Gasteiger partial charge on any atom is -0.493 e. The Morgan fingerprint density at radius 2 is 1.48 bits per heavy atom. The van der Waals surface area contributed by atoms with E-state index in [1.165, 1.54) is 69.8 Å². The molecule has 3 nitrogen and oxygen atoms in total. The maximum Gasteiger partial charge on any atom is 0.303 e. The van der Waals surface area contributed by atoms with Crippen LogP contribution in [0.5, 0.6) is 5.75 Å². The second kappa shape index (κ2) is 14.8. The molecule has 0 bridgehead atoms. The Morgan fingerprint density at radius 3 is 2.12 bits per heavy atom. The third-order valence-corrected chi connectivity index (χ3v) is 4.56. The van der Waals surface area contributed by atoms with Crippen molar-refractivity contribution < 1.29 is 14.6 Å². The molecule has 1 aromatic carbocycles. The van der Waals surface area contributed by atoms with E-state index in [-0.39, 0.29) is 6.42 Å². The van der Waals surface area contributed by atoms with Crippen LogP contribution in [0.25, 0.3) is 0 Å². The third kappa shape index (κ3) is 11.6. The fourth-order valence-electron chi connectivity index (χ4n) is 3.06. The van der Waals surface area contributed by atoms with E-state index in [0.29, 0.717) is 13.0 Å². The van der Waals surface area contributed by atoms with E-state index in [4.69, 9.17) is 9.84 Å². The number of hydrogen-bond donors (Lipinski definition) is 1. The Bertz CT molecular complexity index is 456. The summed E-state index contributed by atoms with van der Waals surface area (Å²) in [4.78, 5) is 10.5. The zero-order chi connectivity index (χ0) is 18.2. The molecule has 0 heterocycles. The van der Waals surface area contributed by atoms with Crippen LogP contribution in [-0.2, 0) is 11.2 Å². The third-order valence-electron chi connectivity index (χ3n) is 4.56. The molecule has 0 aliphatic carbocycles. The Morgan fingerprint density at radius 1 is 0.880 bits per heavy atom. The highest BCUT2D eigenvalue weighted by molar-refractivity contribution is 5.66. The second-order valence-corrected chi connectivity index (χ2v) is 6.89. The molecular formula is C22H36O3. The lowest BCUT2D eigenvalue weighted by Gasteiger charge is -2.11. The van der Waals surface area contributed by atoms with Gasteiger partial charge >= 0.3 is 5.97 Å². The average Bonchev–Trinajstić information content (AvgIpc) is 2.61. The summed E-state index contributed by atoms with van der Waals surface area (Å²) < 4.78 is 5.77. The average molecular weight is 349 g/mol. The Hall–Kier alpha value is -1.51. The van der Waals surface area contributed by atoms with Gasteiger partial charge in [0.05, 0.1) is 6.61 Å². The van der Waals surface area contributed by atoms with E-state index < -0.39 is 5.97 Å². The lowest BCUT2D eigenvalue weighted by molar-refractivity contribution is -0.137. The van der Waals surface area contributed by atoms with Gasteiger partial charge in [0.2, 0.25) is 0 Å². The summed E-state index contributed by atoms with van der Waals surface area (Å²) in [6.45, 7) is 2.74. The van der Waals surface area contributed by atoms with Gasteiger partial charge in [-0.3, -0.25) is 4.79 Å². The molecule has 1 aromatic rings. The maximum absolute atomic E-state index is 10.5. The van der Waals surface area contributed by atoms with Crippen molar-refractivity contribution in [3.8, 4) is 5.75 Å². The van der Waals surface area contributed by atoms with Gasteiger partial charge in [-0.2, -0.15) is 0 Å². The van der Waals surface area contributed by atoms with Gasteiger partial charge in [0.1, 0.15) is 5.75 Å². The van der Waals surface area contributed by atoms with Crippen molar-refractivity contribution in [2.75, 3.05) is 6.61 Å². The minimum absolute atomic E-state index is 0.167. The number of rotatable bonds is 16. The Balaban J connectivity index is 2.10. The highest BCUT2D eigenvalue weighted by Crippen LogP contribution is 2.21. The first-order chi connectivity index (χ1) is 12.2. The van der Waals surface area contributed by atoms with Crippen LogP contribution in [0.2, 0.25) is 0 Å². The lowest BCUT2D eigenvalue weighted by Crippen LogP contribution is -2.03. The number of carboxylic acids is 1. The second-order valence-electron chi connectivity index (χ2n) is 6.89. The van der Waals surface area contributed by atoms with Crippen LogP contribution in [-0.4, -0.2) is 17.7 Å². The molecule has 0 aliphatic heterocycles. The van der Waals surface area contributed by atoms with Gasteiger partial charge in [-0.05, 0) is 30.9 Å². The standard InChI is InChI=1S/C22H36O3/c1-2-3-4-5-6-7-8-9-10-11-15-20-16-12-13-17-21(20)25-19-14-18-22(23)24/h12-13,16-17H,2-11,14-15,18-19H2,1H3,(H,23,24). The molecule has 0 saturated carbocycles. The molecule has 0 unspecified atom stereocenters. The summed E-state index contributed by atoms with van der Waals surface area (Å²) in [7, 11) is 0. The van der Waals surface area contributed by atoms with Crippen LogP contribution in [0.3, 0.4) is 0 Å². The smallest absolute Gasteiger partial charge is 0.303 e. The van der Waals surface area contributed by atoms with E-state index in [0.717, 1.165) is 12.2 Å². The zero-order valence-electron chi connectivity index (χ0n) is 16.0. The largest absolute Gasteiger partial charge is 0.493 e. The predicted molar refractivity (Wildman–Crippen MR) is 104 cm³/mol. The monoisotopic (exact) mass is 348 g/mol. The van der Waals surface area contributed by atoms with E-state index >= 15 is 0 Å². The summed E-state index contributed by atoms with van der Waals surface area (Å²) in [5.41, 5.74) is 1.25. The Labute approximate surface area is 153 Å². The normalized spacial score (nSPS) is 10.8. The van der Waals surface area contributed by atoms with Crippen LogP contribution in [0.4, 0.5) is 0 Å². The maximum atomic E-state index is 10.5. The number of carbonyl (C=O) groups is 1. The van der Waals surface area contributed by atoms with Crippen LogP contribution < -0.4 is 4.74 Å². The zero-order valence-corrected chi connectivity index (χ0v) is 16.0. The molecule has 0 aliphatic rings. The van der Waals surface area contributed by atoms with Gasteiger partial charge in [-0.1, -0.05) is 82.9 Å². The van der Waals surface area contributed by atoms with E-state index in [9.17, 15) is 4.79 Å². The first-order valence-electron chi connectivity index (χ1n) is 10.2. The molecule has 1 rings (SSSR count). The fourth-order valence-corrected chi connectivity index (χ4v) is 3.06. The predicted octanol–water partition coefficient (Wildman–Crippen LogP) is 6.39.